The maximum absolute atomic E-state index is 13.2. The third-order valence-corrected chi connectivity index (χ3v) is 8.99. The van der Waals surface area contributed by atoms with Gasteiger partial charge in [0.15, 0.2) is 0 Å². The van der Waals surface area contributed by atoms with E-state index in [1.165, 1.54) is 34.6 Å². The van der Waals surface area contributed by atoms with Gasteiger partial charge in [-0.05, 0) is 85.3 Å². The number of hydrogen-bond donors (Lipinski definition) is 1. The number of aromatic carboxylic acids is 1. The molecule has 0 amide bonds. The van der Waals surface area contributed by atoms with Crippen molar-refractivity contribution in [1.82, 2.24) is 0 Å². The van der Waals surface area contributed by atoms with Gasteiger partial charge in [0, 0.05) is 29.8 Å². The highest BCUT2D eigenvalue weighted by molar-refractivity contribution is 7.92. The average molecular weight is 602 g/mol. The zero-order valence-electron chi connectivity index (χ0n) is 22.3. The van der Waals surface area contributed by atoms with E-state index in [0.717, 1.165) is 25.4 Å². The molecule has 0 unspecified atom stereocenters. The largest absolute Gasteiger partial charge is 0.478 e. The number of anilines is 1. The summed E-state index contributed by atoms with van der Waals surface area (Å²) in [4.78, 5) is 12.4. The summed E-state index contributed by atoms with van der Waals surface area (Å²) in [5.74, 6) is -0.729. The Morgan fingerprint density at radius 3 is 2.15 bits per heavy atom. The molecule has 1 N–H and O–H groups in total. The summed E-state index contributed by atoms with van der Waals surface area (Å²) in [6, 6.07) is 15.3. The van der Waals surface area contributed by atoms with E-state index in [-0.39, 0.29) is 47.4 Å². The summed E-state index contributed by atoms with van der Waals surface area (Å²) in [5, 5.41) is 10.5. The molecule has 1 saturated carbocycles. The zero-order valence-corrected chi connectivity index (χ0v) is 24.0. The molecule has 216 valence electrons. The van der Waals surface area contributed by atoms with E-state index in [4.69, 9.17) is 9.15 Å². The van der Waals surface area contributed by atoms with Crippen molar-refractivity contribution in [1.29, 1.82) is 0 Å². The van der Waals surface area contributed by atoms with Crippen molar-refractivity contribution in [3.63, 3.8) is 0 Å². The van der Waals surface area contributed by atoms with Crippen LogP contribution in [-0.4, -0.2) is 52.7 Å². The van der Waals surface area contributed by atoms with Gasteiger partial charge in [0.1, 0.15) is 44.1 Å². The molecule has 1 aliphatic carbocycles. The van der Waals surface area contributed by atoms with Crippen LogP contribution in [0.3, 0.4) is 0 Å². The molecule has 0 aliphatic heterocycles. The van der Waals surface area contributed by atoms with Crippen LogP contribution in [0.2, 0.25) is 0 Å². The highest BCUT2D eigenvalue weighted by Gasteiger charge is 2.33. The average Bonchev–Trinajstić information content (AvgIpc) is 3.66. The van der Waals surface area contributed by atoms with Gasteiger partial charge in [-0.2, -0.15) is 0 Å². The highest BCUT2D eigenvalue weighted by atomic mass is 32.2. The number of furan rings is 1. The number of ether oxygens (including phenoxy) is 1. The minimum atomic E-state index is -3.79. The van der Waals surface area contributed by atoms with E-state index < -0.39 is 25.8 Å². The van der Waals surface area contributed by atoms with Crippen molar-refractivity contribution in [2.75, 3.05) is 29.1 Å². The molecule has 0 spiro atoms. The van der Waals surface area contributed by atoms with Gasteiger partial charge in [-0.1, -0.05) is 0 Å². The second-order valence-electron chi connectivity index (χ2n) is 10.2. The molecule has 12 heteroatoms. The summed E-state index contributed by atoms with van der Waals surface area (Å²) in [7, 11) is -7.08. The summed E-state index contributed by atoms with van der Waals surface area (Å²) in [5.41, 5.74) is 1.65. The highest BCUT2D eigenvalue weighted by Crippen LogP contribution is 2.48. The molecule has 4 aromatic rings. The fraction of sp³-hybridized carbons (Fsp3) is 0.276. The van der Waals surface area contributed by atoms with Gasteiger partial charge in [0.2, 0.25) is 10.0 Å². The van der Waals surface area contributed by atoms with Crippen molar-refractivity contribution >= 4 is 42.5 Å². The molecule has 0 atom stereocenters. The van der Waals surface area contributed by atoms with Crippen LogP contribution < -0.4 is 9.04 Å². The monoisotopic (exact) mass is 601 g/mol. The first-order valence-corrected chi connectivity index (χ1v) is 16.7. The molecule has 0 radical (unpaired) electrons. The molecule has 1 aromatic heterocycles. The summed E-state index contributed by atoms with van der Waals surface area (Å²) < 4.78 is 75.1. The Labute approximate surface area is 237 Å². The Bertz CT molecular complexity index is 1830. The normalized spacial score (nSPS) is 13.8. The molecule has 1 fully saturated rings. The fourth-order valence-corrected chi connectivity index (χ4v) is 6.38. The van der Waals surface area contributed by atoms with Gasteiger partial charge in [-0.15, -0.1) is 0 Å². The lowest BCUT2D eigenvalue weighted by Gasteiger charge is -2.25. The Morgan fingerprint density at radius 2 is 1.61 bits per heavy atom. The van der Waals surface area contributed by atoms with E-state index in [9.17, 15) is 31.1 Å². The maximum Gasteiger partial charge on any atom is 0.340 e. The second kappa shape index (κ2) is 10.8. The molecular weight excluding hydrogens is 573 g/mol. The fourth-order valence-electron chi connectivity index (χ4n) is 4.75. The van der Waals surface area contributed by atoms with E-state index in [2.05, 4.69) is 0 Å². The van der Waals surface area contributed by atoms with Gasteiger partial charge in [-0.3, -0.25) is 4.31 Å². The number of hydrogen-bond acceptors (Lipinski definition) is 7. The number of carboxylic acid groups (broad SMARTS) is 1. The number of carboxylic acids is 1. The number of halogens is 1. The minimum absolute atomic E-state index is 0.0496. The first-order valence-electron chi connectivity index (χ1n) is 12.8. The lowest BCUT2D eigenvalue weighted by Crippen LogP contribution is -2.32. The summed E-state index contributed by atoms with van der Waals surface area (Å²) >= 11 is 0. The Kier molecular flexibility index (Phi) is 7.56. The standard InChI is InChI=1S/C29H28FNO8S2/c1-40(34,35)15-3-14-31(41(2,36)37)25-17-26-24(16-23(25)18-4-5-18)27(29(32)33)28(39-26)19-6-10-21(11-7-19)38-22-12-8-20(30)9-13-22/h6-13,16-18H,3-5,14-15H2,1-2H3,(H,32,33). The predicted octanol–water partition coefficient (Wildman–Crippen LogP) is 5.81. The third kappa shape index (κ3) is 6.54. The van der Waals surface area contributed by atoms with Gasteiger partial charge in [-0.25, -0.2) is 26.0 Å². The summed E-state index contributed by atoms with van der Waals surface area (Å²) in [6.07, 6.45) is 3.90. The van der Waals surface area contributed by atoms with Crippen LogP contribution in [-0.2, 0) is 19.9 Å². The van der Waals surface area contributed by atoms with Crippen molar-refractivity contribution in [2.45, 2.75) is 25.2 Å². The number of rotatable bonds is 11. The Balaban J connectivity index is 1.55. The van der Waals surface area contributed by atoms with E-state index in [0.29, 0.717) is 33.7 Å². The van der Waals surface area contributed by atoms with Crippen molar-refractivity contribution in [3.05, 3.63) is 77.6 Å². The van der Waals surface area contributed by atoms with Crippen LogP contribution in [0.25, 0.3) is 22.3 Å². The molecule has 0 bridgehead atoms. The first-order chi connectivity index (χ1) is 19.3. The Hall–Kier alpha value is -3.90. The molecule has 0 saturated heterocycles. The van der Waals surface area contributed by atoms with E-state index >= 15 is 0 Å². The number of sulfone groups is 1. The van der Waals surface area contributed by atoms with Crippen LogP contribution >= 0.6 is 0 Å². The van der Waals surface area contributed by atoms with E-state index in [1.807, 2.05) is 0 Å². The lowest BCUT2D eigenvalue weighted by atomic mass is 10.0. The van der Waals surface area contributed by atoms with Crippen LogP contribution in [0.4, 0.5) is 10.1 Å². The molecule has 41 heavy (non-hydrogen) atoms. The molecule has 5 rings (SSSR count). The first kappa shape index (κ1) is 28.6. The number of benzene rings is 3. The molecular formula is C29H28FNO8S2. The lowest BCUT2D eigenvalue weighted by molar-refractivity contribution is 0.0699. The smallest absolute Gasteiger partial charge is 0.340 e. The third-order valence-electron chi connectivity index (χ3n) is 6.78. The SMILES string of the molecule is CS(=O)(=O)CCCN(c1cc2oc(-c3ccc(Oc4ccc(F)cc4)cc3)c(C(=O)O)c2cc1C1CC1)S(C)(=O)=O. The number of sulfonamides is 1. The van der Waals surface area contributed by atoms with E-state index in [1.54, 1.807) is 30.3 Å². The number of fused-ring (bicyclic) bond motifs is 1. The van der Waals surface area contributed by atoms with Crippen LogP contribution in [0.5, 0.6) is 11.5 Å². The molecule has 3 aromatic carbocycles. The molecule has 1 heterocycles. The maximum atomic E-state index is 13.2. The number of nitrogens with zero attached hydrogens (tertiary/aromatic N) is 1. The second-order valence-corrected chi connectivity index (χ2v) is 14.4. The topological polar surface area (TPSA) is 131 Å². The van der Waals surface area contributed by atoms with Crippen LogP contribution in [0, 0.1) is 5.82 Å². The molecule has 1 aliphatic rings. The van der Waals surface area contributed by atoms with Crippen LogP contribution in [0.15, 0.2) is 65.1 Å². The zero-order chi connectivity index (χ0) is 29.5. The minimum Gasteiger partial charge on any atom is -0.478 e. The van der Waals surface area contributed by atoms with Gasteiger partial charge in [0.25, 0.3) is 0 Å². The van der Waals surface area contributed by atoms with Gasteiger partial charge >= 0.3 is 5.97 Å². The summed E-state index contributed by atoms with van der Waals surface area (Å²) in [6.45, 7) is -0.0496. The van der Waals surface area contributed by atoms with Crippen molar-refractivity contribution in [3.8, 4) is 22.8 Å². The van der Waals surface area contributed by atoms with Crippen molar-refractivity contribution in [2.24, 2.45) is 0 Å². The van der Waals surface area contributed by atoms with Gasteiger partial charge < -0.3 is 14.3 Å². The number of carbonyl (C=O) groups is 1. The molecule has 9 nitrogen and oxygen atoms in total. The van der Waals surface area contributed by atoms with Crippen molar-refractivity contribution < 1.29 is 40.3 Å². The predicted molar refractivity (Wildman–Crippen MR) is 154 cm³/mol. The Morgan fingerprint density at radius 1 is 1.00 bits per heavy atom. The quantitative estimate of drug-likeness (QED) is 0.228. The van der Waals surface area contributed by atoms with Gasteiger partial charge in [0.05, 0.1) is 17.7 Å². The van der Waals surface area contributed by atoms with Crippen LogP contribution in [0.1, 0.15) is 41.1 Å².